The van der Waals surface area contributed by atoms with E-state index in [4.69, 9.17) is 14.5 Å². The highest BCUT2D eigenvalue weighted by Crippen LogP contribution is 2.25. The van der Waals surface area contributed by atoms with Gasteiger partial charge in [0.25, 0.3) is 0 Å². The minimum Gasteiger partial charge on any atom is -0.380 e. The van der Waals surface area contributed by atoms with Gasteiger partial charge in [-0.05, 0) is 23.6 Å². The quantitative estimate of drug-likeness (QED) is 0.325. The predicted molar refractivity (Wildman–Crippen MR) is 139 cm³/mol. The standard InChI is InChI=1S/C25H34N4O2.HI/c1-3-26-25(27-15-21-11-7-8-12-22(21)19-30-2)29-17-23-24(18-29)31-14-13-28(23)16-20-9-5-4-6-10-20;/h4-12,23-24H,3,13-19H2,1-2H3,(H,26,27);1H. The molecule has 2 atom stereocenters. The number of likely N-dealkylation sites (tertiary alicyclic amines) is 1. The lowest BCUT2D eigenvalue weighted by atomic mass is 10.1. The topological polar surface area (TPSA) is 49.3 Å². The molecule has 174 valence electrons. The molecule has 0 saturated carbocycles. The molecule has 6 nitrogen and oxygen atoms in total. The molecule has 32 heavy (non-hydrogen) atoms. The highest BCUT2D eigenvalue weighted by Gasteiger charge is 2.41. The second-order valence-electron chi connectivity index (χ2n) is 8.21. The summed E-state index contributed by atoms with van der Waals surface area (Å²) < 4.78 is 11.5. The average molecular weight is 550 g/mol. The molecule has 2 aliphatic rings. The van der Waals surface area contributed by atoms with Crippen molar-refractivity contribution in [3.05, 3.63) is 71.3 Å². The summed E-state index contributed by atoms with van der Waals surface area (Å²) >= 11 is 0. The Balaban J connectivity index is 0.00000289. The third-order valence-electron chi connectivity index (χ3n) is 6.10. The minimum absolute atomic E-state index is 0. The Labute approximate surface area is 209 Å². The van der Waals surface area contributed by atoms with E-state index in [1.165, 1.54) is 16.7 Å². The van der Waals surface area contributed by atoms with Gasteiger partial charge in [0.1, 0.15) is 0 Å². The van der Waals surface area contributed by atoms with Gasteiger partial charge in [-0.25, -0.2) is 4.99 Å². The molecule has 0 aromatic heterocycles. The highest BCUT2D eigenvalue weighted by molar-refractivity contribution is 14.0. The number of hydrogen-bond donors (Lipinski definition) is 1. The van der Waals surface area contributed by atoms with Gasteiger partial charge in [-0.3, -0.25) is 4.90 Å². The summed E-state index contributed by atoms with van der Waals surface area (Å²) in [6.07, 6.45) is 0.224. The molecule has 2 aliphatic heterocycles. The van der Waals surface area contributed by atoms with Crippen molar-refractivity contribution in [2.24, 2.45) is 4.99 Å². The number of fused-ring (bicyclic) bond motifs is 1. The maximum Gasteiger partial charge on any atom is 0.194 e. The zero-order chi connectivity index (χ0) is 21.5. The van der Waals surface area contributed by atoms with E-state index in [0.717, 1.165) is 45.3 Å². The van der Waals surface area contributed by atoms with Crippen LogP contribution >= 0.6 is 24.0 Å². The van der Waals surface area contributed by atoms with E-state index in [2.05, 4.69) is 76.6 Å². The number of nitrogens with one attached hydrogen (secondary N) is 1. The Morgan fingerprint density at radius 1 is 1.09 bits per heavy atom. The molecule has 0 radical (unpaired) electrons. The van der Waals surface area contributed by atoms with E-state index in [1.54, 1.807) is 7.11 Å². The van der Waals surface area contributed by atoms with Gasteiger partial charge in [0.05, 0.1) is 31.9 Å². The Kier molecular flexibility index (Phi) is 9.77. The van der Waals surface area contributed by atoms with Crippen molar-refractivity contribution in [1.29, 1.82) is 0 Å². The van der Waals surface area contributed by atoms with Crippen molar-refractivity contribution < 1.29 is 9.47 Å². The first-order chi connectivity index (χ1) is 15.3. The maximum absolute atomic E-state index is 6.16. The number of benzene rings is 2. The lowest BCUT2D eigenvalue weighted by Crippen LogP contribution is -2.50. The molecule has 0 bridgehead atoms. The van der Waals surface area contributed by atoms with Crippen molar-refractivity contribution in [3.8, 4) is 0 Å². The van der Waals surface area contributed by atoms with Crippen molar-refractivity contribution in [2.45, 2.75) is 38.8 Å². The number of methoxy groups -OCH3 is 1. The summed E-state index contributed by atoms with van der Waals surface area (Å²) in [7, 11) is 1.73. The van der Waals surface area contributed by atoms with E-state index in [1.807, 2.05) is 0 Å². The van der Waals surface area contributed by atoms with Crippen LogP contribution in [-0.4, -0.2) is 67.8 Å². The van der Waals surface area contributed by atoms with Crippen molar-refractivity contribution in [3.63, 3.8) is 0 Å². The monoisotopic (exact) mass is 550 g/mol. The van der Waals surface area contributed by atoms with Gasteiger partial charge in [-0.1, -0.05) is 54.6 Å². The van der Waals surface area contributed by atoms with Crippen LogP contribution in [0, 0.1) is 0 Å². The number of halogens is 1. The first-order valence-corrected chi connectivity index (χ1v) is 11.3. The third-order valence-corrected chi connectivity index (χ3v) is 6.10. The summed E-state index contributed by atoms with van der Waals surface area (Å²) in [5.41, 5.74) is 3.76. The highest BCUT2D eigenvalue weighted by atomic mass is 127. The first kappa shape index (κ1) is 25.0. The second-order valence-corrected chi connectivity index (χ2v) is 8.21. The summed E-state index contributed by atoms with van der Waals surface area (Å²) in [6, 6.07) is 19.5. The van der Waals surface area contributed by atoms with E-state index >= 15 is 0 Å². The number of ether oxygens (including phenoxy) is 2. The van der Waals surface area contributed by atoms with Crippen molar-refractivity contribution in [2.75, 3.05) is 39.9 Å². The summed E-state index contributed by atoms with van der Waals surface area (Å²) in [5.74, 6) is 0.965. The van der Waals surface area contributed by atoms with Crippen LogP contribution in [0.15, 0.2) is 59.6 Å². The van der Waals surface area contributed by atoms with Gasteiger partial charge in [-0.15, -0.1) is 24.0 Å². The summed E-state index contributed by atoms with van der Waals surface area (Å²) in [5, 5.41) is 3.49. The number of rotatable bonds is 7. The van der Waals surface area contributed by atoms with Gasteiger partial charge >= 0.3 is 0 Å². The molecule has 1 N–H and O–H groups in total. The SMILES string of the molecule is CCNC(=NCc1ccccc1COC)N1CC2OCCN(Cc3ccccc3)C2C1.I. The number of aliphatic imine (C=N–C) groups is 1. The average Bonchev–Trinajstić information content (AvgIpc) is 3.24. The molecular weight excluding hydrogens is 515 g/mol. The van der Waals surface area contributed by atoms with Crippen LogP contribution in [0.5, 0.6) is 0 Å². The lowest BCUT2D eigenvalue weighted by Gasteiger charge is -2.36. The zero-order valence-corrected chi connectivity index (χ0v) is 21.4. The fourth-order valence-corrected chi connectivity index (χ4v) is 4.54. The summed E-state index contributed by atoms with van der Waals surface area (Å²) in [6.45, 7) is 8.76. The normalized spacial score (nSPS) is 21.2. The Morgan fingerprint density at radius 2 is 1.84 bits per heavy atom. The molecule has 2 unspecified atom stereocenters. The fraction of sp³-hybridized carbons (Fsp3) is 0.480. The molecule has 2 aromatic rings. The third kappa shape index (κ3) is 6.21. The van der Waals surface area contributed by atoms with Gasteiger partial charge in [0.2, 0.25) is 0 Å². The fourth-order valence-electron chi connectivity index (χ4n) is 4.54. The second kappa shape index (κ2) is 12.5. The number of nitrogens with zero attached hydrogens (tertiary/aromatic N) is 3. The smallest absolute Gasteiger partial charge is 0.194 e. The predicted octanol–water partition coefficient (Wildman–Crippen LogP) is 3.50. The Hall–Kier alpha value is -1.68. The molecular formula is C25H35IN4O2. The van der Waals surface area contributed by atoms with Crippen LogP contribution in [0.25, 0.3) is 0 Å². The molecule has 2 heterocycles. The molecule has 0 aliphatic carbocycles. The maximum atomic E-state index is 6.16. The minimum atomic E-state index is 0. The largest absolute Gasteiger partial charge is 0.380 e. The van der Waals surface area contributed by atoms with E-state index in [-0.39, 0.29) is 30.1 Å². The molecule has 2 aromatic carbocycles. The lowest BCUT2D eigenvalue weighted by molar-refractivity contribution is -0.0502. The van der Waals surface area contributed by atoms with Gasteiger partial charge in [-0.2, -0.15) is 0 Å². The van der Waals surface area contributed by atoms with Gasteiger partial charge < -0.3 is 19.7 Å². The molecule has 4 rings (SSSR count). The van der Waals surface area contributed by atoms with Crippen molar-refractivity contribution >= 4 is 29.9 Å². The van der Waals surface area contributed by atoms with E-state index in [9.17, 15) is 0 Å². The van der Waals surface area contributed by atoms with Crippen LogP contribution in [0.3, 0.4) is 0 Å². The van der Waals surface area contributed by atoms with Crippen molar-refractivity contribution in [1.82, 2.24) is 15.1 Å². The van der Waals surface area contributed by atoms with Crippen LogP contribution in [0.1, 0.15) is 23.6 Å². The Morgan fingerprint density at radius 3 is 2.59 bits per heavy atom. The van der Waals surface area contributed by atoms with Crippen LogP contribution in [-0.2, 0) is 29.2 Å². The molecule has 0 spiro atoms. The number of morpholine rings is 1. The number of hydrogen-bond acceptors (Lipinski definition) is 4. The van der Waals surface area contributed by atoms with Gasteiger partial charge in [0.15, 0.2) is 5.96 Å². The molecule has 0 amide bonds. The molecule has 2 fully saturated rings. The number of guanidine groups is 1. The van der Waals surface area contributed by atoms with E-state index in [0.29, 0.717) is 19.2 Å². The van der Waals surface area contributed by atoms with Gasteiger partial charge in [0, 0.05) is 39.8 Å². The molecule has 2 saturated heterocycles. The van der Waals surface area contributed by atoms with Crippen LogP contribution in [0.2, 0.25) is 0 Å². The van der Waals surface area contributed by atoms with Crippen LogP contribution in [0.4, 0.5) is 0 Å². The van der Waals surface area contributed by atoms with Crippen LogP contribution < -0.4 is 5.32 Å². The first-order valence-electron chi connectivity index (χ1n) is 11.3. The molecule has 7 heteroatoms. The zero-order valence-electron chi connectivity index (χ0n) is 19.1. The summed E-state index contributed by atoms with van der Waals surface area (Å²) in [4.78, 5) is 9.91. The Bertz CT molecular complexity index is 864. The van der Waals surface area contributed by atoms with E-state index < -0.39 is 0 Å².